The molecule has 29 heavy (non-hydrogen) atoms. The summed E-state index contributed by atoms with van der Waals surface area (Å²) in [5.74, 6) is 2.42. The van der Waals surface area contributed by atoms with E-state index in [1.54, 1.807) is 19.0 Å². The molecule has 2 aromatic rings. The number of H-pyrrole nitrogens is 1. The van der Waals surface area contributed by atoms with Gasteiger partial charge in [0.1, 0.15) is 6.54 Å². The van der Waals surface area contributed by atoms with Gasteiger partial charge in [-0.05, 0) is 49.1 Å². The Bertz CT molecular complexity index is 862. The molecule has 0 radical (unpaired) electrons. The summed E-state index contributed by atoms with van der Waals surface area (Å²) in [4.78, 5) is 21.5. The molecule has 7 heteroatoms. The highest BCUT2D eigenvalue weighted by atomic mass is 127. The van der Waals surface area contributed by atoms with Crippen LogP contribution in [0.1, 0.15) is 31.2 Å². The summed E-state index contributed by atoms with van der Waals surface area (Å²) in [5.41, 5.74) is 2.47. The molecule has 0 saturated heterocycles. The first-order valence-corrected chi connectivity index (χ1v) is 10.4. The topological polar surface area (TPSA) is 72.5 Å². The van der Waals surface area contributed by atoms with Gasteiger partial charge in [0.15, 0.2) is 5.96 Å². The SMILES string of the molecule is CN(C)C(=O)CN=C(NCCc1c[nH]c2ccccc12)NC1CC2CCC1C2.I. The summed E-state index contributed by atoms with van der Waals surface area (Å²) < 4.78 is 0. The largest absolute Gasteiger partial charge is 0.361 e. The Hall–Kier alpha value is -1.77. The van der Waals surface area contributed by atoms with Crippen molar-refractivity contribution in [2.45, 2.75) is 38.1 Å². The van der Waals surface area contributed by atoms with Gasteiger partial charge in [-0.3, -0.25) is 4.79 Å². The number of nitrogens with one attached hydrogen (secondary N) is 3. The van der Waals surface area contributed by atoms with E-state index >= 15 is 0 Å². The van der Waals surface area contributed by atoms with Crippen LogP contribution in [0.3, 0.4) is 0 Å². The molecule has 2 bridgehead atoms. The van der Waals surface area contributed by atoms with E-state index in [1.165, 1.54) is 42.1 Å². The number of likely N-dealkylation sites (N-methyl/N-ethyl adjacent to an activating group) is 1. The highest BCUT2D eigenvalue weighted by Crippen LogP contribution is 2.44. The van der Waals surface area contributed by atoms with Crippen LogP contribution in [0.5, 0.6) is 0 Å². The third-order valence-corrected chi connectivity index (χ3v) is 6.29. The summed E-state index contributed by atoms with van der Waals surface area (Å²) in [6, 6.07) is 8.87. The number of nitrogens with zero attached hydrogens (tertiary/aromatic N) is 2. The molecular formula is C22H32IN5O. The Morgan fingerprint density at radius 3 is 2.79 bits per heavy atom. The second-order valence-electron chi connectivity index (χ2n) is 8.41. The van der Waals surface area contributed by atoms with Crippen LogP contribution in [-0.4, -0.2) is 55.0 Å². The number of para-hydroxylation sites is 1. The number of amides is 1. The molecule has 1 aromatic heterocycles. The van der Waals surface area contributed by atoms with Gasteiger partial charge in [0, 0.05) is 43.8 Å². The minimum absolute atomic E-state index is 0. The first-order chi connectivity index (χ1) is 13.6. The van der Waals surface area contributed by atoms with E-state index in [-0.39, 0.29) is 36.4 Å². The molecule has 2 aliphatic carbocycles. The fraction of sp³-hybridized carbons (Fsp3) is 0.545. The van der Waals surface area contributed by atoms with Crippen molar-refractivity contribution < 1.29 is 4.79 Å². The van der Waals surface area contributed by atoms with Gasteiger partial charge in [-0.2, -0.15) is 0 Å². The van der Waals surface area contributed by atoms with Crippen LogP contribution < -0.4 is 10.6 Å². The number of aromatic nitrogens is 1. The zero-order valence-corrected chi connectivity index (χ0v) is 19.6. The molecule has 6 nitrogen and oxygen atoms in total. The number of aliphatic imine (C=N–C) groups is 1. The lowest BCUT2D eigenvalue weighted by Crippen LogP contribution is -2.46. The molecule has 1 heterocycles. The number of carbonyl (C=O) groups is 1. The molecular weight excluding hydrogens is 477 g/mol. The number of halogens is 1. The molecule has 3 N–H and O–H groups in total. The lowest BCUT2D eigenvalue weighted by atomic mass is 9.95. The zero-order chi connectivity index (χ0) is 19.5. The van der Waals surface area contributed by atoms with E-state index in [9.17, 15) is 4.79 Å². The molecule has 1 amide bonds. The van der Waals surface area contributed by atoms with Gasteiger partial charge >= 0.3 is 0 Å². The Labute approximate surface area is 189 Å². The van der Waals surface area contributed by atoms with Gasteiger partial charge in [-0.15, -0.1) is 24.0 Å². The van der Waals surface area contributed by atoms with Crippen molar-refractivity contribution in [1.82, 2.24) is 20.5 Å². The number of hydrogen-bond acceptors (Lipinski definition) is 2. The van der Waals surface area contributed by atoms with E-state index in [1.807, 2.05) is 6.07 Å². The third-order valence-electron chi connectivity index (χ3n) is 6.29. The first-order valence-electron chi connectivity index (χ1n) is 10.4. The predicted molar refractivity (Wildman–Crippen MR) is 129 cm³/mol. The quantitative estimate of drug-likeness (QED) is 0.319. The Kier molecular flexibility index (Phi) is 7.43. The fourth-order valence-electron chi connectivity index (χ4n) is 4.69. The molecule has 4 rings (SSSR count). The van der Waals surface area contributed by atoms with E-state index < -0.39 is 0 Å². The van der Waals surface area contributed by atoms with Crippen LogP contribution in [0.2, 0.25) is 0 Å². The second-order valence-corrected chi connectivity index (χ2v) is 8.41. The lowest BCUT2D eigenvalue weighted by molar-refractivity contribution is -0.127. The van der Waals surface area contributed by atoms with Crippen molar-refractivity contribution in [1.29, 1.82) is 0 Å². The van der Waals surface area contributed by atoms with Crippen LogP contribution >= 0.6 is 24.0 Å². The van der Waals surface area contributed by atoms with Gasteiger partial charge in [-0.1, -0.05) is 24.6 Å². The van der Waals surface area contributed by atoms with Crippen molar-refractivity contribution in [3.63, 3.8) is 0 Å². The zero-order valence-electron chi connectivity index (χ0n) is 17.3. The number of guanidine groups is 1. The van der Waals surface area contributed by atoms with Gasteiger partial charge in [0.2, 0.25) is 5.91 Å². The minimum atomic E-state index is 0. The lowest BCUT2D eigenvalue weighted by Gasteiger charge is -2.25. The van der Waals surface area contributed by atoms with Crippen molar-refractivity contribution in [3.8, 4) is 0 Å². The number of rotatable bonds is 6. The van der Waals surface area contributed by atoms with Crippen LogP contribution in [0.4, 0.5) is 0 Å². The standard InChI is InChI=1S/C22H31N5O.HI/c1-27(2)21(28)14-25-22(26-20-12-15-7-8-16(20)11-15)23-10-9-17-13-24-19-6-4-3-5-18(17)19;/h3-6,13,15-16,20,24H,7-12,14H2,1-2H3,(H2,23,25,26);1H. The molecule has 2 aliphatic rings. The van der Waals surface area contributed by atoms with E-state index in [0.29, 0.717) is 6.04 Å². The maximum atomic E-state index is 12.0. The monoisotopic (exact) mass is 509 g/mol. The van der Waals surface area contributed by atoms with Crippen LogP contribution in [0.15, 0.2) is 35.5 Å². The molecule has 2 fully saturated rings. The first kappa shape index (κ1) is 21.9. The van der Waals surface area contributed by atoms with E-state index in [4.69, 9.17) is 0 Å². The van der Waals surface area contributed by atoms with Crippen LogP contribution in [0, 0.1) is 11.8 Å². The number of benzene rings is 1. The highest BCUT2D eigenvalue weighted by Gasteiger charge is 2.39. The Morgan fingerprint density at radius 1 is 1.24 bits per heavy atom. The molecule has 3 unspecified atom stereocenters. The molecule has 2 saturated carbocycles. The number of fused-ring (bicyclic) bond motifs is 3. The number of aromatic amines is 1. The average Bonchev–Trinajstić information content (AvgIpc) is 3.41. The minimum Gasteiger partial charge on any atom is -0.361 e. The predicted octanol–water partition coefficient (Wildman–Crippen LogP) is 3.14. The molecule has 0 aliphatic heterocycles. The maximum absolute atomic E-state index is 12.0. The molecule has 158 valence electrons. The fourth-order valence-corrected chi connectivity index (χ4v) is 4.69. The van der Waals surface area contributed by atoms with Crippen molar-refractivity contribution in [3.05, 3.63) is 36.0 Å². The van der Waals surface area contributed by atoms with Gasteiger partial charge in [0.05, 0.1) is 0 Å². The highest BCUT2D eigenvalue weighted by molar-refractivity contribution is 14.0. The average molecular weight is 509 g/mol. The van der Waals surface area contributed by atoms with Crippen molar-refractivity contribution in [2.24, 2.45) is 16.8 Å². The van der Waals surface area contributed by atoms with Gasteiger partial charge in [0.25, 0.3) is 0 Å². The summed E-state index contributed by atoms with van der Waals surface area (Å²) in [5, 5.41) is 8.35. The van der Waals surface area contributed by atoms with E-state index in [0.717, 1.165) is 30.8 Å². The second kappa shape index (κ2) is 9.82. The van der Waals surface area contributed by atoms with Gasteiger partial charge in [-0.25, -0.2) is 4.99 Å². The Balaban J connectivity index is 0.00000240. The van der Waals surface area contributed by atoms with E-state index in [2.05, 4.69) is 45.0 Å². The number of hydrogen-bond donors (Lipinski definition) is 3. The van der Waals surface area contributed by atoms with Crippen LogP contribution in [-0.2, 0) is 11.2 Å². The Morgan fingerprint density at radius 2 is 2.07 bits per heavy atom. The summed E-state index contributed by atoms with van der Waals surface area (Å²) in [7, 11) is 3.54. The number of carbonyl (C=O) groups excluding carboxylic acids is 1. The van der Waals surface area contributed by atoms with Crippen LogP contribution in [0.25, 0.3) is 10.9 Å². The third kappa shape index (κ3) is 5.24. The maximum Gasteiger partial charge on any atom is 0.243 e. The molecule has 3 atom stereocenters. The molecule has 0 spiro atoms. The molecule has 1 aromatic carbocycles. The summed E-state index contributed by atoms with van der Waals surface area (Å²) >= 11 is 0. The summed E-state index contributed by atoms with van der Waals surface area (Å²) in [6.45, 7) is 0.959. The smallest absolute Gasteiger partial charge is 0.243 e. The van der Waals surface area contributed by atoms with Crippen molar-refractivity contribution >= 4 is 46.7 Å². The normalized spacial score (nSPS) is 23.1. The summed E-state index contributed by atoms with van der Waals surface area (Å²) in [6.07, 6.45) is 8.27. The van der Waals surface area contributed by atoms with Crippen molar-refractivity contribution in [2.75, 3.05) is 27.2 Å². The van der Waals surface area contributed by atoms with Gasteiger partial charge < -0.3 is 20.5 Å².